The third-order valence-corrected chi connectivity index (χ3v) is 2.71. The first-order chi connectivity index (χ1) is 7.31. The summed E-state index contributed by atoms with van der Waals surface area (Å²) in [5, 5.41) is 3.35. The highest BCUT2D eigenvalue weighted by molar-refractivity contribution is 4.90. The van der Waals surface area contributed by atoms with Crippen LogP contribution in [0.1, 0.15) is 71.6 Å². The Labute approximate surface area is 96.3 Å². The van der Waals surface area contributed by atoms with Crippen molar-refractivity contribution in [1.29, 1.82) is 0 Å². The molecule has 0 heterocycles. The van der Waals surface area contributed by atoms with Crippen LogP contribution in [0.15, 0.2) is 12.3 Å². The SMILES string of the molecule is C=C(CCCCCCCCC)NCCC. The van der Waals surface area contributed by atoms with Crippen molar-refractivity contribution in [2.75, 3.05) is 6.54 Å². The van der Waals surface area contributed by atoms with Crippen LogP contribution in [0.4, 0.5) is 0 Å². The molecule has 0 aliphatic rings. The molecule has 15 heavy (non-hydrogen) atoms. The Bertz CT molecular complexity index is 140. The fourth-order valence-electron chi connectivity index (χ4n) is 1.69. The van der Waals surface area contributed by atoms with E-state index in [9.17, 15) is 0 Å². The van der Waals surface area contributed by atoms with Crippen LogP contribution in [0.3, 0.4) is 0 Å². The molecule has 0 aliphatic heterocycles. The lowest BCUT2D eigenvalue weighted by Crippen LogP contribution is -2.12. The van der Waals surface area contributed by atoms with Crippen molar-refractivity contribution in [2.45, 2.75) is 71.6 Å². The summed E-state index contributed by atoms with van der Waals surface area (Å²) >= 11 is 0. The topological polar surface area (TPSA) is 12.0 Å². The van der Waals surface area contributed by atoms with Crippen molar-refractivity contribution < 1.29 is 0 Å². The summed E-state index contributed by atoms with van der Waals surface area (Å²) in [4.78, 5) is 0. The Balaban J connectivity index is 3.06. The highest BCUT2D eigenvalue weighted by Gasteiger charge is 1.94. The molecule has 0 aromatic carbocycles. The van der Waals surface area contributed by atoms with E-state index in [-0.39, 0.29) is 0 Å². The van der Waals surface area contributed by atoms with E-state index >= 15 is 0 Å². The number of hydrogen-bond acceptors (Lipinski definition) is 1. The van der Waals surface area contributed by atoms with Crippen molar-refractivity contribution in [2.24, 2.45) is 0 Å². The normalized spacial score (nSPS) is 10.3. The van der Waals surface area contributed by atoms with Gasteiger partial charge in [0.1, 0.15) is 0 Å². The monoisotopic (exact) mass is 211 g/mol. The lowest BCUT2D eigenvalue weighted by atomic mass is 10.1. The molecule has 1 N–H and O–H groups in total. The maximum absolute atomic E-state index is 4.03. The second kappa shape index (κ2) is 11.6. The van der Waals surface area contributed by atoms with Gasteiger partial charge in [-0.2, -0.15) is 0 Å². The first-order valence-electron chi connectivity index (χ1n) is 6.72. The van der Waals surface area contributed by atoms with Gasteiger partial charge in [0.15, 0.2) is 0 Å². The first kappa shape index (κ1) is 14.5. The third kappa shape index (κ3) is 11.5. The average Bonchev–Trinajstić information content (AvgIpc) is 2.25. The van der Waals surface area contributed by atoms with E-state index in [2.05, 4.69) is 25.7 Å². The summed E-state index contributed by atoms with van der Waals surface area (Å²) in [7, 11) is 0. The van der Waals surface area contributed by atoms with Crippen LogP contribution >= 0.6 is 0 Å². The van der Waals surface area contributed by atoms with E-state index in [1.807, 2.05) is 0 Å². The molecular weight excluding hydrogens is 182 g/mol. The summed E-state index contributed by atoms with van der Waals surface area (Å²) in [5.41, 5.74) is 1.23. The number of nitrogens with one attached hydrogen (secondary N) is 1. The van der Waals surface area contributed by atoms with Gasteiger partial charge in [-0.25, -0.2) is 0 Å². The number of unbranched alkanes of at least 4 members (excludes halogenated alkanes) is 6. The molecule has 0 unspecified atom stereocenters. The van der Waals surface area contributed by atoms with E-state index in [4.69, 9.17) is 0 Å². The lowest BCUT2D eigenvalue weighted by molar-refractivity contribution is 0.580. The van der Waals surface area contributed by atoms with Crippen LogP contribution in [-0.4, -0.2) is 6.54 Å². The van der Waals surface area contributed by atoms with E-state index in [1.54, 1.807) is 0 Å². The van der Waals surface area contributed by atoms with Crippen molar-refractivity contribution in [3.05, 3.63) is 12.3 Å². The Morgan fingerprint density at radius 1 is 0.867 bits per heavy atom. The van der Waals surface area contributed by atoms with E-state index in [1.165, 1.54) is 57.1 Å². The molecule has 90 valence electrons. The van der Waals surface area contributed by atoms with Crippen molar-refractivity contribution in [3.63, 3.8) is 0 Å². The van der Waals surface area contributed by atoms with Gasteiger partial charge >= 0.3 is 0 Å². The minimum absolute atomic E-state index is 1.08. The zero-order valence-corrected chi connectivity index (χ0v) is 10.8. The molecule has 0 aromatic heterocycles. The summed E-state index contributed by atoms with van der Waals surface area (Å²) in [6.07, 6.45) is 12.0. The molecule has 0 atom stereocenters. The summed E-state index contributed by atoms with van der Waals surface area (Å²) < 4.78 is 0. The van der Waals surface area contributed by atoms with Gasteiger partial charge in [-0.1, -0.05) is 59.0 Å². The standard InChI is InChI=1S/C14H29N/c1-4-6-7-8-9-10-11-12-14(3)15-13-5-2/h15H,3-13H2,1-2H3. The molecule has 0 amide bonds. The predicted octanol–water partition coefficient (Wildman–Crippen LogP) is 4.64. The minimum Gasteiger partial charge on any atom is -0.389 e. The van der Waals surface area contributed by atoms with Crippen LogP contribution in [0.25, 0.3) is 0 Å². The fourth-order valence-corrected chi connectivity index (χ4v) is 1.69. The molecule has 0 rings (SSSR count). The third-order valence-electron chi connectivity index (χ3n) is 2.71. The van der Waals surface area contributed by atoms with E-state index in [0.717, 1.165) is 13.0 Å². The molecule has 0 saturated carbocycles. The second-order valence-electron chi connectivity index (χ2n) is 4.40. The maximum atomic E-state index is 4.03. The smallest absolute Gasteiger partial charge is 0.0141 e. The molecule has 1 nitrogen and oxygen atoms in total. The highest BCUT2D eigenvalue weighted by atomic mass is 14.9. The summed E-state index contributed by atoms with van der Waals surface area (Å²) in [6, 6.07) is 0. The number of hydrogen-bond donors (Lipinski definition) is 1. The van der Waals surface area contributed by atoms with Gasteiger partial charge in [0, 0.05) is 12.2 Å². The second-order valence-corrected chi connectivity index (χ2v) is 4.40. The van der Waals surface area contributed by atoms with Gasteiger partial charge < -0.3 is 5.32 Å². The van der Waals surface area contributed by atoms with Gasteiger partial charge in [0.2, 0.25) is 0 Å². The van der Waals surface area contributed by atoms with Gasteiger partial charge in [-0.15, -0.1) is 0 Å². The maximum Gasteiger partial charge on any atom is 0.0141 e. The van der Waals surface area contributed by atoms with Crippen LogP contribution in [0, 0.1) is 0 Å². The zero-order chi connectivity index (χ0) is 11.4. The van der Waals surface area contributed by atoms with Crippen molar-refractivity contribution in [1.82, 2.24) is 5.32 Å². The van der Waals surface area contributed by atoms with Crippen molar-refractivity contribution in [3.8, 4) is 0 Å². The first-order valence-corrected chi connectivity index (χ1v) is 6.72. The molecule has 0 aliphatic carbocycles. The Hall–Kier alpha value is -0.460. The van der Waals surface area contributed by atoms with E-state index in [0.29, 0.717) is 0 Å². The Morgan fingerprint density at radius 3 is 2.07 bits per heavy atom. The molecule has 0 saturated heterocycles. The molecule has 0 spiro atoms. The largest absolute Gasteiger partial charge is 0.389 e. The Morgan fingerprint density at radius 2 is 1.47 bits per heavy atom. The number of allylic oxidation sites excluding steroid dienone is 1. The molecule has 0 bridgehead atoms. The van der Waals surface area contributed by atoms with Crippen LogP contribution in [0.5, 0.6) is 0 Å². The van der Waals surface area contributed by atoms with Crippen molar-refractivity contribution >= 4 is 0 Å². The highest BCUT2D eigenvalue weighted by Crippen LogP contribution is 2.10. The zero-order valence-electron chi connectivity index (χ0n) is 10.8. The van der Waals surface area contributed by atoms with Crippen LogP contribution in [0.2, 0.25) is 0 Å². The summed E-state index contributed by atoms with van der Waals surface area (Å²) in [5.74, 6) is 0. The fraction of sp³-hybridized carbons (Fsp3) is 0.857. The van der Waals surface area contributed by atoms with Gasteiger partial charge in [-0.05, 0) is 19.3 Å². The molecular formula is C14H29N. The van der Waals surface area contributed by atoms with Crippen LogP contribution in [-0.2, 0) is 0 Å². The average molecular weight is 211 g/mol. The molecule has 1 heteroatoms. The predicted molar refractivity (Wildman–Crippen MR) is 70.0 cm³/mol. The van der Waals surface area contributed by atoms with Gasteiger partial charge in [0.05, 0.1) is 0 Å². The molecule has 0 fully saturated rings. The van der Waals surface area contributed by atoms with Gasteiger partial charge in [-0.3, -0.25) is 0 Å². The minimum atomic E-state index is 1.08. The number of rotatable bonds is 11. The quantitative estimate of drug-likeness (QED) is 0.491. The van der Waals surface area contributed by atoms with Crippen LogP contribution < -0.4 is 5.32 Å². The molecule has 0 radical (unpaired) electrons. The summed E-state index contributed by atoms with van der Waals surface area (Å²) in [6.45, 7) is 9.56. The molecule has 0 aromatic rings. The lowest BCUT2D eigenvalue weighted by Gasteiger charge is -2.07. The van der Waals surface area contributed by atoms with Gasteiger partial charge in [0.25, 0.3) is 0 Å². The Kier molecular flexibility index (Phi) is 11.3. The van der Waals surface area contributed by atoms with E-state index < -0.39 is 0 Å².